The topological polar surface area (TPSA) is 102 Å². The molecule has 8 heteroatoms. The fourth-order valence-corrected chi connectivity index (χ4v) is 1.93. The van der Waals surface area contributed by atoms with Crippen LogP contribution in [-0.2, 0) is 19.1 Å². The molecule has 0 aliphatic carbocycles. The Morgan fingerprint density at radius 2 is 1.86 bits per heavy atom. The van der Waals surface area contributed by atoms with Crippen LogP contribution in [0.1, 0.15) is 24.2 Å². The van der Waals surface area contributed by atoms with Gasteiger partial charge in [-0.2, -0.15) is 0 Å². The SMILES string of the molecule is CC1(C)OC(=O)C(=CNc2ccc(C(=O)O)cc2Cl)C(=O)O1. The molecule has 0 unspecified atom stereocenters. The second-order valence-electron chi connectivity index (χ2n) is 4.88. The van der Waals surface area contributed by atoms with Crippen molar-refractivity contribution in [1.82, 2.24) is 0 Å². The lowest BCUT2D eigenvalue weighted by atomic mass is 10.2. The van der Waals surface area contributed by atoms with Crippen molar-refractivity contribution in [2.45, 2.75) is 19.6 Å². The lowest BCUT2D eigenvalue weighted by Crippen LogP contribution is -2.42. The molecular weight excluding hydrogens is 314 g/mol. The first-order valence-electron chi connectivity index (χ1n) is 6.16. The van der Waals surface area contributed by atoms with E-state index in [0.717, 1.165) is 6.20 Å². The predicted octanol–water partition coefficient (Wildman–Crippen LogP) is 2.17. The Morgan fingerprint density at radius 3 is 2.36 bits per heavy atom. The van der Waals surface area contributed by atoms with E-state index in [1.807, 2.05) is 0 Å². The summed E-state index contributed by atoms with van der Waals surface area (Å²) in [6, 6.07) is 3.98. The molecule has 116 valence electrons. The van der Waals surface area contributed by atoms with Crippen LogP contribution in [0.3, 0.4) is 0 Å². The van der Waals surface area contributed by atoms with Crippen molar-refractivity contribution >= 4 is 35.2 Å². The lowest BCUT2D eigenvalue weighted by Gasteiger charge is -2.29. The minimum absolute atomic E-state index is 0.0152. The Morgan fingerprint density at radius 1 is 1.27 bits per heavy atom. The van der Waals surface area contributed by atoms with Crippen LogP contribution in [0.4, 0.5) is 5.69 Å². The van der Waals surface area contributed by atoms with Crippen molar-refractivity contribution in [2.24, 2.45) is 0 Å². The number of hydrogen-bond donors (Lipinski definition) is 2. The molecule has 1 aliphatic rings. The summed E-state index contributed by atoms with van der Waals surface area (Å²) in [7, 11) is 0. The number of carboxylic acid groups (broad SMARTS) is 1. The highest BCUT2D eigenvalue weighted by atomic mass is 35.5. The molecule has 0 atom stereocenters. The van der Waals surface area contributed by atoms with Crippen LogP contribution in [0.2, 0.25) is 5.02 Å². The summed E-state index contributed by atoms with van der Waals surface area (Å²) in [6.45, 7) is 2.88. The van der Waals surface area contributed by atoms with E-state index in [1.54, 1.807) is 0 Å². The van der Waals surface area contributed by atoms with Gasteiger partial charge in [0.05, 0.1) is 16.3 Å². The van der Waals surface area contributed by atoms with Crippen LogP contribution in [0.25, 0.3) is 0 Å². The number of nitrogens with one attached hydrogen (secondary N) is 1. The molecule has 1 aromatic carbocycles. The third-order valence-electron chi connectivity index (χ3n) is 2.70. The average molecular weight is 326 g/mol. The Kier molecular flexibility index (Phi) is 4.09. The van der Waals surface area contributed by atoms with Crippen LogP contribution in [0, 0.1) is 0 Å². The second kappa shape index (κ2) is 5.69. The number of rotatable bonds is 3. The quantitative estimate of drug-likeness (QED) is 0.499. The molecule has 22 heavy (non-hydrogen) atoms. The number of ether oxygens (including phenoxy) is 2. The first-order chi connectivity index (χ1) is 10.2. The first-order valence-corrected chi connectivity index (χ1v) is 6.53. The summed E-state index contributed by atoms with van der Waals surface area (Å²) in [5, 5.41) is 11.6. The number of carbonyl (C=O) groups is 3. The van der Waals surface area contributed by atoms with E-state index in [4.69, 9.17) is 26.2 Å². The molecule has 7 nitrogen and oxygen atoms in total. The minimum Gasteiger partial charge on any atom is -0.478 e. The summed E-state index contributed by atoms with van der Waals surface area (Å²) in [6.07, 6.45) is 1.10. The molecule has 1 saturated heterocycles. The molecule has 1 heterocycles. The van der Waals surface area contributed by atoms with E-state index in [2.05, 4.69) is 5.32 Å². The third kappa shape index (κ3) is 3.37. The fourth-order valence-electron chi connectivity index (χ4n) is 1.69. The highest BCUT2D eigenvalue weighted by Gasteiger charge is 2.38. The lowest BCUT2D eigenvalue weighted by molar-refractivity contribution is -0.222. The summed E-state index contributed by atoms with van der Waals surface area (Å²) in [4.78, 5) is 34.3. The van der Waals surface area contributed by atoms with Crippen LogP contribution in [0.15, 0.2) is 30.0 Å². The molecule has 0 spiro atoms. The van der Waals surface area contributed by atoms with Crippen molar-refractivity contribution in [3.63, 3.8) is 0 Å². The molecule has 2 rings (SSSR count). The third-order valence-corrected chi connectivity index (χ3v) is 3.02. The zero-order valence-corrected chi connectivity index (χ0v) is 12.4. The number of carbonyl (C=O) groups excluding carboxylic acids is 2. The van der Waals surface area contributed by atoms with Gasteiger partial charge < -0.3 is 19.9 Å². The zero-order chi connectivity index (χ0) is 16.5. The van der Waals surface area contributed by atoms with Crippen LogP contribution >= 0.6 is 11.6 Å². The minimum atomic E-state index is -1.31. The Balaban J connectivity index is 2.20. The van der Waals surface area contributed by atoms with E-state index in [9.17, 15) is 14.4 Å². The largest absolute Gasteiger partial charge is 0.478 e. The molecule has 1 aliphatic heterocycles. The Hall–Kier alpha value is -2.54. The number of benzene rings is 1. The van der Waals surface area contributed by atoms with Gasteiger partial charge in [-0.05, 0) is 18.2 Å². The van der Waals surface area contributed by atoms with Gasteiger partial charge in [0.25, 0.3) is 5.79 Å². The fraction of sp³-hybridized carbons (Fsp3) is 0.214. The number of aromatic carboxylic acids is 1. The van der Waals surface area contributed by atoms with Gasteiger partial charge in [0.2, 0.25) is 0 Å². The molecular formula is C14H12ClNO6. The summed E-state index contributed by atoms with van der Waals surface area (Å²) >= 11 is 5.92. The van der Waals surface area contributed by atoms with Crippen LogP contribution in [-0.4, -0.2) is 28.8 Å². The summed E-state index contributed by atoms with van der Waals surface area (Å²) in [5.41, 5.74) is 0.0174. The van der Waals surface area contributed by atoms with Gasteiger partial charge >= 0.3 is 17.9 Å². The van der Waals surface area contributed by atoms with Crippen LogP contribution < -0.4 is 5.32 Å². The van der Waals surface area contributed by atoms with E-state index < -0.39 is 23.7 Å². The molecule has 0 aromatic heterocycles. The number of anilines is 1. The van der Waals surface area contributed by atoms with Gasteiger partial charge in [0.15, 0.2) is 5.57 Å². The van der Waals surface area contributed by atoms with E-state index in [0.29, 0.717) is 5.69 Å². The molecule has 1 fully saturated rings. The molecule has 0 amide bonds. The monoisotopic (exact) mass is 325 g/mol. The molecule has 0 saturated carbocycles. The van der Waals surface area contributed by atoms with Crippen molar-refractivity contribution in [3.05, 3.63) is 40.6 Å². The number of halogens is 1. The number of carboxylic acids is 1. The van der Waals surface area contributed by atoms with Gasteiger partial charge in [-0.3, -0.25) is 0 Å². The second-order valence-corrected chi connectivity index (χ2v) is 5.29. The number of esters is 2. The van der Waals surface area contributed by atoms with Crippen molar-refractivity contribution < 1.29 is 29.0 Å². The Bertz CT molecular complexity index is 673. The molecule has 0 radical (unpaired) electrons. The molecule has 0 bridgehead atoms. The maximum Gasteiger partial charge on any atom is 0.350 e. The molecule has 2 N–H and O–H groups in total. The van der Waals surface area contributed by atoms with Crippen molar-refractivity contribution in [1.29, 1.82) is 0 Å². The Labute approximate surface area is 130 Å². The summed E-state index contributed by atoms with van der Waals surface area (Å²) in [5.74, 6) is -4.08. The van der Waals surface area contributed by atoms with E-state index in [1.165, 1.54) is 32.0 Å². The standard InChI is InChI=1S/C14H12ClNO6/c1-14(2)21-12(19)8(13(20)22-14)6-16-10-4-3-7(11(17)18)5-9(10)15/h3-6,16H,1-2H3,(H,17,18). The van der Waals surface area contributed by atoms with E-state index in [-0.39, 0.29) is 16.2 Å². The number of cyclic esters (lactones) is 2. The predicted molar refractivity (Wildman–Crippen MR) is 76.4 cm³/mol. The highest BCUT2D eigenvalue weighted by Crippen LogP contribution is 2.25. The highest BCUT2D eigenvalue weighted by molar-refractivity contribution is 6.33. The van der Waals surface area contributed by atoms with E-state index >= 15 is 0 Å². The number of hydrogen-bond acceptors (Lipinski definition) is 6. The van der Waals surface area contributed by atoms with Gasteiger partial charge in [0, 0.05) is 20.0 Å². The maximum absolute atomic E-state index is 11.7. The first kappa shape index (κ1) is 15.8. The maximum atomic E-state index is 11.7. The van der Waals surface area contributed by atoms with Crippen molar-refractivity contribution in [2.75, 3.05) is 5.32 Å². The zero-order valence-electron chi connectivity index (χ0n) is 11.7. The van der Waals surface area contributed by atoms with Crippen LogP contribution in [0.5, 0.6) is 0 Å². The van der Waals surface area contributed by atoms with Gasteiger partial charge in [0.1, 0.15) is 0 Å². The molecule has 1 aromatic rings. The van der Waals surface area contributed by atoms with Gasteiger partial charge in [-0.15, -0.1) is 0 Å². The normalized spacial score (nSPS) is 16.6. The van der Waals surface area contributed by atoms with Gasteiger partial charge in [-0.1, -0.05) is 11.6 Å². The van der Waals surface area contributed by atoms with Crippen molar-refractivity contribution in [3.8, 4) is 0 Å². The summed E-state index contributed by atoms with van der Waals surface area (Å²) < 4.78 is 9.85. The average Bonchev–Trinajstić information content (AvgIpc) is 2.37. The van der Waals surface area contributed by atoms with Gasteiger partial charge in [-0.25, -0.2) is 14.4 Å². The smallest absolute Gasteiger partial charge is 0.350 e.